The average molecular weight is 630 g/mol. The Morgan fingerprint density at radius 3 is 2.36 bits per heavy atom. The van der Waals surface area contributed by atoms with E-state index < -0.39 is 26.6 Å². The number of aromatic nitrogens is 2. The third kappa shape index (κ3) is 6.46. The number of halogens is 2. The topological polar surface area (TPSA) is 88.1 Å². The quantitative estimate of drug-likeness (QED) is 0.269. The van der Waals surface area contributed by atoms with Crippen LogP contribution in [-0.2, 0) is 16.6 Å². The molecular formula is C32H41F2N5O4S. The fraction of sp³-hybridized carbons (Fsp3) is 0.500. The summed E-state index contributed by atoms with van der Waals surface area (Å²) in [5.74, 6) is -0.846. The summed E-state index contributed by atoms with van der Waals surface area (Å²) in [4.78, 5) is 11.2. The molecule has 9 nitrogen and oxygen atoms in total. The Bertz CT molecular complexity index is 1530. The molecule has 238 valence electrons. The Hall–Kier alpha value is -3.51. The Balaban J connectivity index is 1.49. The van der Waals surface area contributed by atoms with Gasteiger partial charge in [0.25, 0.3) is 10.0 Å². The Morgan fingerprint density at radius 2 is 1.75 bits per heavy atom. The number of piperidine rings is 1. The monoisotopic (exact) mass is 629 g/mol. The van der Waals surface area contributed by atoms with Crippen molar-refractivity contribution in [3.05, 3.63) is 66.1 Å². The van der Waals surface area contributed by atoms with Gasteiger partial charge < -0.3 is 19.3 Å². The molecule has 5 rings (SSSR count). The summed E-state index contributed by atoms with van der Waals surface area (Å²) in [5.41, 5.74) is 0.664. The molecule has 1 aliphatic carbocycles. The molecule has 0 bridgehead atoms. The van der Waals surface area contributed by atoms with E-state index in [1.165, 1.54) is 58.5 Å². The first-order chi connectivity index (χ1) is 21.1. The summed E-state index contributed by atoms with van der Waals surface area (Å²) in [7, 11) is 2.33. The van der Waals surface area contributed by atoms with Crippen molar-refractivity contribution in [1.82, 2.24) is 14.9 Å². The van der Waals surface area contributed by atoms with Crippen molar-refractivity contribution in [1.29, 1.82) is 0 Å². The molecule has 1 unspecified atom stereocenters. The maximum absolute atomic E-state index is 15.9. The minimum atomic E-state index is -4.77. The zero-order chi connectivity index (χ0) is 31.5. The van der Waals surface area contributed by atoms with E-state index in [1.54, 1.807) is 18.2 Å². The predicted molar refractivity (Wildman–Crippen MR) is 166 cm³/mol. The third-order valence-electron chi connectivity index (χ3n) is 9.17. The second kappa shape index (κ2) is 13.2. The van der Waals surface area contributed by atoms with Crippen LogP contribution in [-0.4, -0.2) is 70.2 Å². The number of hydrogen-bond acceptors (Lipinski definition) is 8. The van der Waals surface area contributed by atoms with Gasteiger partial charge >= 0.3 is 0 Å². The molecule has 1 atom stereocenters. The van der Waals surface area contributed by atoms with Gasteiger partial charge in [-0.1, -0.05) is 25.7 Å². The Labute approximate surface area is 258 Å². The molecule has 0 spiro atoms. The van der Waals surface area contributed by atoms with E-state index in [9.17, 15) is 8.42 Å². The number of ether oxygens (including phenoxy) is 2. The molecular weight excluding hydrogens is 588 g/mol. The van der Waals surface area contributed by atoms with Crippen molar-refractivity contribution in [3.63, 3.8) is 0 Å². The molecule has 0 N–H and O–H groups in total. The van der Waals surface area contributed by atoms with Crippen LogP contribution < -0.4 is 18.7 Å². The third-order valence-corrected chi connectivity index (χ3v) is 11.0. The average Bonchev–Trinajstić information content (AvgIpc) is 3.52. The van der Waals surface area contributed by atoms with Crippen LogP contribution in [0.3, 0.4) is 0 Å². The number of nitrogens with zero attached hydrogens (tertiary/aromatic N) is 5. The molecule has 1 saturated carbocycles. The molecule has 1 aromatic heterocycles. The first-order valence-corrected chi connectivity index (χ1v) is 16.4. The second-order valence-corrected chi connectivity index (χ2v) is 13.8. The molecule has 0 radical (unpaired) electrons. The van der Waals surface area contributed by atoms with Gasteiger partial charge in [-0.25, -0.2) is 31.5 Å². The lowest BCUT2D eigenvalue weighted by Crippen LogP contribution is -2.57. The van der Waals surface area contributed by atoms with Crippen LogP contribution in [0.25, 0.3) is 0 Å². The maximum atomic E-state index is 15.9. The van der Waals surface area contributed by atoms with Gasteiger partial charge in [0.05, 0.1) is 20.8 Å². The molecule has 2 aromatic carbocycles. The lowest BCUT2D eigenvalue weighted by molar-refractivity contribution is 0.0957. The van der Waals surface area contributed by atoms with Crippen LogP contribution >= 0.6 is 0 Å². The highest BCUT2D eigenvalue weighted by Gasteiger charge is 2.41. The zero-order valence-electron chi connectivity index (χ0n) is 25.8. The second-order valence-electron chi connectivity index (χ2n) is 12.0. The molecule has 3 aromatic rings. The minimum absolute atomic E-state index is 0.0422. The zero-order valence-corrected chi connectivity index (χ0v) is 26.6. The van der Waals surface area contributed by atoms with Crippen molar-refractivity contribution in [3.8, 4) is 11.5 Å². The van der Waals surface area contributed by atoms with Gasteiger partial charge in [-0.2, -0.15) is 0 Å². The number of rotatable bonds is 11. The molecule has 1 aliphatic heterocycles. The van der Waals surface area contributed by atoms with E-state index in [1.807, 2.05) is 4.90 Å². The molecule has 12 heteroatoms. The van der Waals surface area contributed by atoms with Crippen LogP contribution in [0, 0.1) is 17.6 Å². The highest BCUT2D eigenvalue weighted by atomic mass is 32.2. The molecule has 2 fully saturated rings. The number of anilines is 2. The van der Waals surface area contributed by atoms with E-state index in [4.69, 9.17) is 9.47 Å². The number of hydrogen-bond donors (Lipinski definition) is 0. The van der Waals surface area contributed by atoms with Crippen molar-refractivity contribution < 1.29 is 26.7 Å². The van der Waals surface area contributed by atoms with Crippen LogP contribution in [0.1, 0.15) is 50.5 Å². The maximum Gasteiger partial charge on any atom is 0.271 e. The summed E-state index contributed by atoms with van der Waals surface area (Å²) in [5, 5.41) is 0. The van der Waals surface area contributed by atoms with Crippen LogP contribution in [0.2, 0.25) is 0 Å². The van der Waals surface area contributed by atoms with Gasteiger partial charge in [0, 0.05) is 48.2 Å². The fourth-order valence-corrected chi connectivity index (χ4v) is 8.24. The first-order valence-electron chi connectivity index (χ1n) is 15.0. The van der Waals surface area contributed by atoms with Crippen LogP contribution in [0.15, 0.2) is 53.8 Å². The summed E-state index contributed by atoms with van der Waals surface area (Å²) in [6, 6.07) is 8.55. The van der Waals surface area contributed by atoms with Crippen molar-refractivity contribution in [2.24, 2.45) is 5.92 Å². The van der Waals surface area contributed by atoms with Gasteiger partial charge in [0.15, 0.2) is 4.90 Å². The summed E-state index contributed by atoms with van der Waals surface area (Å²) >= 11 is 0. The van der Waals surface area contributed by atoms with Crippen molar-refractivity contribution in [2.75, 3.05) is 50.6 Å². The highest BCUT2D eigenvalue weighted by molar-refractivity contribution is 7.92. The number of sulfonamides is 1. The highest BCUT2D eigenvalue weighted by Crippen LogP contribution is 2.40. The SMILES string of the molecule is COc1ccc(CN(c2ccncn2)S(=O)(=O)c2c(F)cc(N3CCCC(CC4CCCC4)(N(C)C)C3)cc2F)c(OC)c1. The van der Waals surface area contributed by atoms with Gasteiger partial charge in [0.1, 0.15) is 35.3 Å². The first kappa shape index (κ1) is 31.9. The van der Waals surface area contributed by atoms with Gasteiger partial charge in [-0.3, -0.25) is 0 Å². The van der Waals surface area contributed by atoms with Crippen molar-refractivity contribution >= 4 is 21.5 Å². The van der Waals surface area contributed by atoms with E-state index >= 15 is 8.78 Å². The summed E-state index contributed by atoms with van der Waals surface area (Å²) < 4.78 is 71.6. The molecule has 44 heavy (non-hydrogen) atoms. The van der Waals surface area contributed by atoms with Gasteiger partial charge in [-0.15, -0.1) is 0 Å². The van der Waals surface area contributed by atoms with E-state index in [0.717, 1.165) is 35.7 Å². The molecule has 1 saturated heterocycles. The van der Waals surface area contributed by atoms with E-state index in [2.05, 4.69) is 29.0 Å². The number of methoxy groups -OCH3 is 2. The molecule has 2 heterocycles. The lowest BCUT2D eigenvalue weighted by atomic mass is 9.79. The minimum Gasteiger partial charge on any atom is -0.497 e. The number of likely N-dealkylation sites (N-methyl/N-ethyl adjacent to an activating group) is 1. The van der Waals surface area contributed by atoms with Crippen LogP contribution in [0.5, 0.6) is 11.5 Å². The standard InChI is InChI=1S/C32H41F2N5O4S/c1-37(2)32(19-23-8-5-6-9-23)13-7-15-38(21-32)25-16-27(33)31(28(34)17-25)44(40,41)39(30-12-14-35-22-36-30)20-24-10-11-26(42-3)18-29(24)43-4/h10-12,14,16-18,22-23H,5-9,13,15,19-21H2,1-4H3. The summed E-state index contributed by atoms with van der Waals surface area (Å²) in [6.07, 6.45) is 10.4. The number of benzene rings is 2. The Morgan fingerprint density at radius 1 is 1.02 bits per heavy atom. The molecule has 2 aliphatic rings. The van der Waals surface area contributed by atoms with Crippen LogP contribution in [0.4, 0.5) is 20.3 Å². The predicted octanol–water partition coefficient (Wildman–Crippen LogP) is 5.65. The van der Waals surface area contributed by atoms with E-state index in [0.29, 0.717) is 41.8 Å². The molecule has 0 amide bonds. The fourth-order valence-electron chi connectivity index (χ4n) is 6.74. The van der Waals surface area contributed by atoms with Crippen molar-refractivity contribution in [2.45, 2.75) is 61.9 Å². The van der Waals surface area contributed by atoms with Gasteiger partial charge in [0.2, 0.25) is 0 Å². The Kier molecular flexibility index (Phi) is 9.59. The largest absolute Gasteiger partial charge is 0.497 e. The lowest BCUT2D eigenvalue weighted by Gasteiger charge is -2.49. The summed E-state index contributed by atoms with van der Waals surface area (Å²) in [6.45, 7) is 0.952. The normalized spacial score (nSPS) is 19.4. The van der Waals surface area contributed by atoms with E-state index in [-0.39, 0.29) is 17.9 Å². The smallest absolute Gasteiger partial charge is 0.271 e. The van der Waals surface area contributed by atoms with Gasteiger partial charge in [-0.05, 0) is 63.5 Å².